The molecule has 1 heterocycles. The Balaban J connectivity index is 2.73. The van der Waals surface area contributed by atoms with Crippen molar-refractivity contribution in [2.75, 3.05) is 5.75 Å². The number of carboxylic acid groups (broad SMARTS) is 1. The minimum Gasteiger partial charge on any atom is -0.476 e. The van der Waals surface area contributed by atoms with Crippen LogP contribution in [0.3, 0.4) is 0 Å². The molecule has 0 aromatic carbocycles. The zero-order valence-electron chi connectivity index (χ0n) is 8.71. The van der Waals surface area contributed by atoms with Crippen LogP contribution in [-0.2, 0) is 4.79 Å². The summed E-state index contributed by atoms with van der Waals surface area (Å²) in [6, 6.07) is 3.34. The number of rotatable bonds is 4. The Morgan fingerprint density at radius 3 is 2.94 bits per heavy atom. The minimum atomic E-state index is -1.06. The molecule has 1 aromatic heterocycles. The smallest absolute Gasteiger partial charge is 0.355 e. The van der Waals surface area contributed by atoms with Crippen LogP contribution < -0.4 is 0 Å². The summed E-state index contributed by atoms with van der Waals surface area (Å²) in [5.41, 5.74) is 0.561. The van der Waals surface area contributed by atoms with Gasteiger partial charge in [0.25, 0.3) is 0 Å². The van der Waals surface area contributed by atoms with Gasteiger partial charge in [-0.05, 0) is 6.07 Å². The highest BCUT2D eigenvalue weighted by molar-refractivity contribution is 8.13. The molecule has 0 unspecified atom stereocenters. The molecule has 1 rings (SSSR count). The Hall–Kier alpha value is -1.62. The van der Waals surface area contributed by atoms with Crippen molar-refractivity contribution in [2.24, 2.45) is 0 Å². The van der Waals surface area contributed by atoms with Gasteiger partial charge >= 0.3 is 5.97 Å². The fourth-order valence-electron chi connectivity index (χ4n) is 1.07. The number of pyridine rings is 1. The van der Waals surface area contributed by atoms with E-state index in [-0.39, 0.29) is 10.8 Å². The Labute approximate surface area is 97.4 Å². The molecule has 0 atom stereocenters. The third-order valence-corrected chi connectivity index (χ3v) is 2.49. The summed E-state index contributed by atoms with van der Waals surface area (Å²) in [6.07, 6.45) is 4.84. The van der Waals surface area contributed by atoms with Crippen LogP contribution in [0.2, 0.25) is 0 Å². The normalized spacial score (nSPS) is 10.6. The molecule has 0 spiro atoms. The Morgan fingerprint density at radius 2 is 2.31 bits per heavy atom. The SMILES string of the molecule is CC(=O)SCC=Cc1cccnc1C(=O)O. The third-order valence-electron chi connectivity index (χ3n) is 1.72. The van der Waals surface area contributed by atoms with Gasteiger partial charge in [0.1, 0.15) is 0 Å². The third kappa shape index (κ3) is 3.86. The zero-order valence-corrected chi connectivity index (χ0v) is 9.53. The molecule has 0 aliphatic carbocycles. The number of aromatic nitrogens is 1. The van der Waals surface area contributed by atoms with E-state index in [0.717, 1.165) is 0 Å². The molecule has 0 amide bonds. The maximum Gasteiger partial charge on any atom is 0.355 e. The molecule has 16 heavy (non-hydrogen) atoms. The summed E-state index contributed by atoms with van der Waals surface area (Å²) in [6.45, 7) is 1.49. The van der Waals surface area contributed by atoms with E-state index in [9.17, 15) is 9.59 Å². The second-order valence-electron chi connectivity index (χ2n) is 2.95. The van der Waals surface area contributed by atoms with Crippen molar-refractivity contribution in [3.63, 3.8) is 0 Å². The highest BCUT2D eigenvalue weighted by Gasteiger charge is 2.07. The van der Waals surface area contributed by atoms with E-state index in [1.165, 1.54) is 24.9 Å². The van der Waals surface area contributed by atoms with Gasteiger partial charge in [0, 0.05) is 24.4 Å². The number of aromatic carboxylic acids is 1. The van der Waals surface area contributed by atoms with E-state index in [2.05, 4.69) is 4.98 Å². The molecule has 1 N–H and O–H groups in total. The predicted octanol–water partition coefficient (Wildman–Crippen LogP) is 2.07. The monoisotopic (exact) mass is 237 g/mol. The second-order valence-corrected chi connectivity index (χ2v) is 4.15. The molecular formula is C11H11NO3S. The highest BCUT2D eigenvalue weighted by Crippen LogP contribution is 2.09. The van der Waals surface area contributed by atoms with Gasteiger partial charge in [0.2, 0.25) is 0 Å². The largest absolute Gasteiger partial charge is 0.476 e. The van der Waals surface area contributed by atoms with Crippen LogP contribution >= 0.6 is 11.8 Å². The van der Waals surface area contributed by atoms with Gasteiger partial charge in [-0.3, -0.25) is 4.79 Å². The minimum absolute atomic E-state index is 0.0200. The molecule has 0 saturated carbocycles. The first kappa shape index (κ1) is 12.4. The van der Waals surface area contributed by atoms with Crippen LogP contribution in [0.4, 0.5) is 0 Å². The van der Waals surface area contributed by atoms with Crippen molar-refractivity contribution in [1.82, 2.24) is 4.98 Å². The fourth-order valence-corrected chi connectivity index (χ4v) is 1.50. The summed E-state index contributed by atoms with van der Waals surface area (Å²) < 4.78 is 0. The Morgan fingerprint density at radius 1 is 1.56 bits per heavy atom. The molecule has 1 aromatic rings. The number of hydrogen-bond acceptors (Lipinski definition) is 4. The highest BCUT2D eigenvalue weighted by atomic mass is 32.2. The van der Waals surface area contributed by atoms with Gasteiger partial charge in [-0.25, -0.2) is 9.78 Å². The van der Waals surface area contributed by atoms with Gasteiger partial charge in [0.15, 0.2) is 10.8 Å². The molecule has 0 aliphatic heterocycles. The van der Waals surface area contributed by atoms with E-state index in [0.29, 0.717) is 11.3 Å². The van der Waals surface area contributed by atoms with Crippen molar-refractivity contribution in [2.45, 2.75) is 6.92 Å². The molecule has 0 aliphatic rings. The lowest BCUT2D eigenvalue weighted by atomic mass is 10.2. The summed E-state index contributed by atoms with van der Waals surface area (Å²) in [5.74, 6) is -0.525. The van der Waals surface area contributed by atoms with Gasteiger partial charge in [-0.2, -0.15) is 0 Å². The van der Waals surface area contributed by atoms with Gasteiger partial charge < -0.3 is 5.11 Å². The molecule has 0 fully saturated rings. The van der Waals surface area contributed by atoms with E-state index in [4.69, 9.17) is 5.11 Å². The molecule has 84 valence electrons. The van der Waals surface area contributed by atoms with Gasteiger partial charge in [-0.15, -0.1) is 0 Å². The summed E-state index contributed by atoms with van der Waals surface area (Å²) >= 11 is 1.17. The van der Waals surface area contributed by atoms with E-state index in [1.54, 1.807) is 24.3 Å². The van der Waals surface area contributed by atoms with Crippen LogP contribution in [-0.4, -0.2) is 26.9 Å². The van der Waals surface area contributed by atoms with Crippen LogP contribution in [0.15, 0.2) is 24.4 Å². The van der Waals surface area contributed by atoms with Crippen molar-refractivity contribution < 1.29 is 14.7 Å². The van der Waals surface area contributed by atoms with Gasteiger partial charge in [0.05, 0.1) is 0 Å². The van der Waals surface area contributed by atoms with E-state index < -0.39 is 5.97 Å². The Kier molecular flexibility index (Phi) is 4.72. The quantitative estimate of drug-likeness (QED) is 0.868. The van der Waals surface area contributed by atoms with E-state index >= 15 is 0 Å². The molecule has 0 bridgehead atoms. The lowest BCUT2D eigenvalue weighted by molar-refractivity contribution is -0.109. The maximum absolute atomic E-state index is 10.8. The molecule has 4 nitrogen and oxygen atoms in total. The molecular weight excluding hydrogens is 226 g/mol. The predicted molar refractivity (Wildman–Crippen MR) is 63.4 cm³/mol. The summed E-state index contributed by atoms with van der Waals surface area (Å²) in [4.78, 5) is 25.2. The van der Waals surface area contributed by atoms with Gasteiger partial charge in [-0.1, -0.05) is 30.0 Å². The number of nitrogens with zero attached hydrogens (tertiary/aromatic N) is 1. The first-order valence-corrected chi connectivity index (χ1v) is 5.58. The number of thioether (sulfide) groups is 1. The lowest BCUT2D eigenvalue weighted by Crippen LogP contribution is -2.02. The lowest BCUT2D eigenvalue weighted by Gasteiger charge is -1.98. The molecule has 0 saturated heterocycles. The topological polar surface area (TPSA) is 67.3 Å². The molecule has 0 radical (unpaired) electrons. The average molecular weight is 237 g/mol. The number of carbonyl (C=O) groups is 2. The molecule has 5 heteroatoms. The van der Waals surface area contributed by atoms with Crippen molar-refractivity contribution in [1.29, 1.82) is 0 Å². The first-order chi connectivity index (χ1) is 7.61. The number of hydrogen-bond donors (Lipinski definition) is 1. The standard InChI is InChI=1S/C11H11NO3S/c1-8(13)16-7-3-5-9-4-2-6-12-10(9)11(14)15/h2-6H,7H2,1H3,(H,14,15). The second kappa shape index (κ2) is 6.07. The number of carbonyl (C=O) groups excluding carboxylic acids is 1. The first-order valence-electron chi connectivity index (χ1n) is 4.59. The van der Waals surface area contributed by atoms with Crippen LogP contribution in [0.1, 0.15) is 23.0 Å². The fraction of sp³-hybridized carbons (Fsp3) is 0.182. The van der Waals surface area contributed by atoms with Crippen molar-refractivity contribution in [3.8, 4) is 0 Å². The zero-order chi connectivity index (χ0) is 12.0. The average Bonchev–Trinajstić information content (AvgIpc) is 2.24. The van der Waals surface area contributed by atoms with Crippen LogP contribution in [0.25, 0.3) is 6.08 Å². The van der Waals surface area contributed by atoms with Crippen molar-refractivity contribution in [3.05, 3.63) is 35.7 Å². The van der Waals surface area contributed by atoms with Crippen LogP contribution in [0.5, 0.6) is 0 Å². The van der Waals surface area contributed by atoms with Crippen LogP contribution in [0, 0.1) is 0 Å². The maximum atomic E-state index is 10.8. The summed E-state index contributed by atoms with van der Waals surface area (Å²) in [7, 11) is 0. The summed E-state index contributed by atoms with van der Waals surface area (Å²) in [5, 5.41) is 8.89. The van der Waals surface area contributed by atoms with E-state index in [1.807, 2.05) is 0 Å². The Bertz CT molecular complexity index is 429. The van der Waals surface area contributed by atoms with Crippen molar-refractivity contribution >= 4 is 28.9 Å². The number of carboxylic acids is 1.